The molecule has 0 amide bonds. The number of benzene rings is 1. The Labute approximate surface area is 83.3 Å². The molecule has 1 aromatic rings. The molecule has 1 aliphatic heterocycles. The monoisotopic (exact) mass is 196 g/mol. The number of hydrogen-bond donors (Lipinski definition) is 1. The van der Waals surface area contributed by atoms with Gasteiger partial charge in [0.25, 0.3) is 0 Å². The van der Waals surface area contributed by atoms with Gasteiger partial charge in [-0.25, -0.2) is 4.39 Å². The zero-order chi connectivity index (χ0) is 9.80. The molecule has 0 radical (unpaired) electrons. The molecule has 1 aliphatic rings. The minimum Gasteiger partial charge on any atom is -0.370 e. The summed E-state index contributed by atoms with van der Waals surface area (Å²) in [6.07, 6.45) is 0. The highest BCUT2D eigenvalue weighted by Gasteiger charge is 2.15. The van der Waals surface area contributed by atoms with E-state index >= 15 is 0 Å². The van der Waals surface area contributed by atoms with Crippen molar-refractivity contribution >= 4 is 0 Å². The minimum absolute atomic E-state index is 0.0912. The Morgan fingerprint density at radius 1 is 1.21 bits per heavy atom. The predicted octanol–water partition coefficient (Wildman–Crippen LogP) is 0.241. The standard InChI is InChI=1S/C11H14FNO/c12-11-4-2-1-3-10(11)9-13-5-7-14-8-6-13/h1-4H,5-9H2/p+1. The van der Waals surface area contributed by atoms with Gasteiger partial charge in [0.2, 0.25) is 0 Å². The van der Waals surface area contributed by atoms with E-state index in [1.807, 2.05) is 12.1 Å². The highest BCUT2D eigenvalue weighted by molar-refractivity contribution is 5.15. The molecule has 2 nitrogen and oxygen atoms in total. The van der Waals surface area contributed by atoms with Crippen molar-refractivity contribution in [1.29, 1.82) is 0 Å². The van der Waals surface area contributed by atoms with E-state index in [2.05, 4.69) is 0 Å². The van der Waals surface area contributed by atoms with Crippen LogP contribution >= 0.6 is 0 Å². The lowest BCUT2D eigenvalue weighted by atomic mass is 10.2. The first-order valence-electron chi connectivity index (χ1n) is 5.01. The van der Waals surface area contributed by atoms with Gasteiger partial charge in [0, 0.05) is 5.56 Å². The summed E-state index contributed by atoms with van der Waals surface area (Å²) in [5.41, 5.74) is 0.810. The Morgan fingerprint density at radius 2 is 1.93 bits per heavy atom. The minimum atomic E-state index is -0.0912. The van der Waals surface area contributed by atoms with Gasteiger partial charge in [-0.05, 0) is 6.07 Å². The van der Waals surface area contributed by atoms with Crippen LogP contribution in [0, 0.1) is 5.82 Å². The maximum Gasteiger partial charge on any atom is 0.132 e. The maximum absolute atomic E-state index is 13.3. The summed E-state index contributed by atoms with van der Waals surface area (Å²) >= 11 is 0. The summed E-state index contributed by atoms with van der Waals surface area (Å²) in [7, 11) is 0. The molecule has 0 saturated carbocycles. The van der Waals surface area contributed by atoms with Crippen LogP contribution in [0.15, 0.2) is 24.3 Å². The van der Waals surface area contributed by atoms with E-state index in [-0.39, 0.29) is 5.82 Å². The number of hydrogen-bond acceptors (Lipinski definition) is 1. The van der Waals surface area contributed by atoms with Crippen molar-refractivity contribution in [2.75, 3.05) is 26.3 Å². The molecular formula is C11H15FNO+. The van der Waals surface area contributed by atoms with Crippen LogP contribution in [0.4, 0.5) is 4.39 Å². The molecule has 3 heteroatoms. The van der Waals surface area contributed by atoms with Gasteiger partial charge in [-0.1, -0.05) is 18.2 Å². The van der Waals surface area contributed by atoms with Crippen LogP contribution < -0.4 is 4.90 Å². The molecule has 1 fully saturated rings. The highest BCUT2D eigenvalue weighted by atomic mass is 19.1. The molecule has 2 rings (SSSR count). The van der Waals surface area contributed by atoms with Gasteiger partial charge in [0.1, 0.15) is 25.5 Å². The molecule has 1 N–H and O–H groups in total. The van der Waals surface area contributed by atoms with E-state index < -0.39 is 0 Å². The van der Waals surface area contributed by atoms with Gasteiger partial charge in [-0.15, -0.1) is 0 Å². The second-order valence-electron chi connectivity index (χ2n) is 3.63. The maximum atomic E-state index is 13.3. The largest absolute Gasteiger partial charge is 0.370 e. The zero-order valence-electron chi connectivity index (χ0n) is 8.13. The van der Waals surface area contributed by atoms with Gasteiger partial charge in [0.15, 0.2) is 0 Å². The van der Waals surface area contributed by atoms with Crippen molar-refractivity contribution in [3.8, 4) is 0 Å². The number of halogens is 1. The third-order valence-corrected chi connectivity index (χ3v) is 2.60. The molecule has 1 heterocycles. The van der Waals surface area contributed by atoms with Crippen LogP contribution in [0.2, 0.25) is 0 Å². The number of nitrogens with one attached hydrogen (secondary N) is 1. The molecule has 1 saturated heterocycles. The SMILES string of the molecule is Fc1ccccc1C[NH+]1CCOCC1. The van der Waals surface area contributed by atoms with E-state index in [9.17, 15) is 4.39 Å². The lowest BCUT2D eigenvalue weighted by Gasteiger charge is -2.23. The summed E-state index contributed by atoms with van der Waals surface area (Å²) in [6, 6.07) is 7.00. The Bertz CT molecular complexity index is 297. The van der Waals surface area contributed by atoms with E-state index in [0.717, 1.165) is 38.4 Å². The third-order valence-electron chi connectivity index (χ3n) is 2.60. The number of quaternary nitrogens is 1. The van der Waals surface area contributed by atoms with Crippen LogP contribution in [0.1, 0.15) is 5.56 Å². The molecule has 0 aromatic heterocycles. The van der Waals surface area contributed by atoms with Crippen molar-refractivity contribution < 1.29 is 14.0 Å². The van der Waals surface area contributed by atoms with Crippen LogP contribution in [0.25, 0.3) is 0 Å². The quantitative estimate of drug-likeness (QED) is 0.715. The predicted molar refractivity (Wildman–Crippen MR) is 51.6 cm³/mol. The normalized spacial score (nSPS) is 18.4. The fourth-order valence-electron chi connectivity index (χ4n) is 1.75. The molecule has 0 atom stereocenters. The molecule has 14 heavy (non-hydrogen) atoms. The van der Waals surface area contributed by atoms with Gasteiger partial charge in [-0.3, -0.25) is 0 Å². The molecule has 1 aromatic carbocycles. The zero-order valence-corrected chi connectivity index (χ0v) is 8.13. The number of rotatable bonds is 2. The average molecular weight is 196 g/mol. The van der Waals surface area contributed by atoms with Gasteiger partial charge in [0.05, 0.1) is 13.2 Å². The van der Waals surface area contributed by atoms with Gasteiger partial charge < -0.3 is 9.64 Å². The van der Waals surface area contributed by atoms with Crippen LogP contribution in [0.5, 0.6) is 0 Å². The molecule has 0 unspecified atom stereocenters. The first-order valence-corrected chi connectivity index (χ1v) is 5.01. The van der Waals surface area contributed by atoms with E-state index in [0.29, 0.717) is 0 Å². The topological polar surface area (TPSA) is 13.7 Å². The fourth-order valence-corrected chi connectivity index (χ4v) is 1.75. The summed E-state index contributed by atoms with van der Waals surface area (Å²) in [4.78, 5) is 1.40. The summed E-state index contributed by atoms with van der Waals surface area (Å²) in [5.74, 6) is -0.0912. The second-order valence-corrected chi connectivity index (χ2v) is 3.63. The van der Waals surface area contributed by atoms with Crippen molar-refractivity contribution in [3.63, 3.8) is 0 Å². The van der Waals surface area contributed by atoms with E-state index in [4.69, 9.17) is 4.74 Å². The summed E-state index contributed by atoms with van der Waals surface area (Å²) in [6.45, 7) is 4.33. The van der Waals surface area contributed by atoms with Crippen LogP contribution in [0.3, 0.4) is 0 Å². The molecule has 0 aliphatic carbocycles. The fraction of sp³-hybridized carbons (Fsp3) is 0.455. The molecule has 0 spiro atoms. The van der Waals surface area contributed by atoms with E-state index in [1.54, 1.807) is 6.07 Å². The Kier molecular flexibility index (Phi) is 3.11. The Balaban J connectivity index is 1.99. The Hall–Kier alpha value is -0.930. The lowest BCUT2D eigenvalue weighted by Crippen LogP contribution is -3.12. The molecule has 0 bridgehead atoms. The first-order chi connectivity index (χ1) is 6.86. The Morgan fingerprint density at radius 3 is 2.64 bits per heavy atom. The van der Waals surface area contributed by atoms with Gasteiger partial charge >= 0.3 is 0 Å². The van der Waals surface area contributed by atoms with Crippen LogP contribution in [-0.2, 0) is 11.3 Å². The second kappa shape index (κ2) is 4.53. The lowest BCUT2D eigenvalue weighted by molar-refractivity contribution is -0.921. The highest BCUT2D eigenvalue weighted by Crippen LogP contribution is 2.04. The molecule has 76 valence electrons. The third kappa shape index (κ3) is 2.30. The van der Waals surface area contributed by atoms with Crippen molar-refractivity contribution in [3.05, 3.63) is 35.6 Å². The van der Waals surface area contributed by atoms with Crippen molar-refractivity contribution in [2.24, 2.45) is 0 Å². The van der Waals surface area contributed by atoms with Crippen molar-refractivity contribution in [2.45, 2.75) is 6.54 Å². The number of morpholine rings is 1. The van der Waals surface area contributed by atoms with Crippen LogP contribution in [-0.4, -0.2) is 26.3 Å². The van der Waals surface area contributed by atoms with Gasteiger partial charge in [-0.2, -0.15) is 0 Å². The summed E-state index contributed by atoms with van der Waals surface area (Å²) in [5, 5.41) is 0. The van der Waals surface area contributed by atoms with Crippen molar-refractivity contribution in [1.82, 2.24) is 0 Å². The van der Waals surface area contributed by atoms with E-state index in [1.165, 1.54) is 11.0 Å². The average Bonchev–Trinajstić information content (AvgIpc) is 2.23. The number of ether oxygens (including phenoxy) is 1. The first kappa shape index (κ1) is 9.62. The smallest absolute Gasteiger partial charge is 0.132 e. The summed E-state index contributed by atoms with van der Waals surface area (Å²) < 4.78 is 18.6. The molecular weight excluding hydrogens is 181 g/mol.